The molecule has 0 spiro atoms. The van der Waals surface area contributed by atoms with Gasteiger partial charge in [0, 0.05) is 5.69 Å². The first-order valence-electron chi connectivity index (χ1n) is 8.10. The van der Waals surface area contributed by atoms with Crippen molar-refractivity contribution in [2.24, 2.45) is 0 Å². The number of rotatable bonds is 7. The fourth-order valence-electron chi connectivity index (χ4n) is 2.38. The molecule has 142 valence electrons. The summed E-state index contributed by atoms with van der Waals surface area (Å²) >= 11 is 0. The minimum atomic E-state index is -0.561. The van der Waals surface area contributed by atoms with E-state index in [1.54, 1.807) is 31.3 Å². The Morgan fingerprint density at radius 2 is 1.67 bits per heavy atom. The van der Waals surface area contributed by atoms with E-state index in [1.807, 2.05) is 0 Å². The summed E-state index contributed by atoms with van der Waals surface area (Å²) in [6.45, 7) is -0.144. The van der Waals surface area contributed by atoms with Crippen molar-refractivity contribution in [3.05, 3.63) is 59.9 Å². The number of anilines is 2. The first kappa shape index (κ1) is 20.1. The van der Waals surface area contributed by atoms with Crippen LogP contribution in [0.4, 0.5) is 15.8 Å². The first-order chi connectivity index (χ1) is 12.9. The number of hydrogen-bond donors (Lipinski definition) is 2. The monoisotopic (exact) mass is 373 g/mol. The second-order valence-corrected chi connectivity index (χ2v) is 5.82. The average molecular weight is 373 g/mol. The molecule has 2 rings (SSSR count). The van der Waals surface area contributed by atoms with Gasteiger partial charge >= 0.3 is 5.97 Å². The quantitative estimate of drug-likeness (QED) is 0.726. The number of nitrogens with one attached hydrogen (secondary N) is 2. The number of carbonyl (C=O) groups is 3. The summed E-state index contributed by atoms with van der Waals surface area (Å²) in [6, 6.07) is 12.0. The minimum Gasteiger partial charge on any atom is -0.465 e. The third-order valence-corrected chi connectivity index (χ3v) is 3.54. The number of nitrogens with zero attached hydrogens (tertiary/aromatic N) is 1. The summed E-state index contributed by atoms with van der Waals surface area (Å²) in [5.74, 6) is -1.79. The Balaban J connectivity index is 1.88. The number of amides is 2. The van der Waals surface area contributed by atoms with Gasteiger partial charge in [0.05, 0.1) is 31.5 Å². The Morgan fingerprint density at radius 3 is 2.33 bits per heavy atom. The summed E-state index contributed by atoms with van der Waals surface area (Å²) in [5, 5.41) is 5.18. The molecule has 2 N–H and O–H groups in total. The van der Waals surface area contributed by atoms with Crippen molar-refractivity contribution in [1.82, 2.24) is 4.90 Å². The SMILES string of the molecule is COC(=O)c1ccccc1NC(=O)CN(C)CC(=O)Nc1cccc(F)c1. The average Bonchev–Trinajstić information content (AvgIpc) is 2.61. The van der Waals surface area contributed by atoms with Gasteiger partial charge in [-0.15, -0.1) is 0 Å². The van der Waals surface area contributed by atoms with Crippen LogP contribution < -0.4 is 10.6 Å². The summed E-state index contributed by atoms with van der Waals surface area (Å²) in [6.07, 6.45) is 0. The zero-order valence-corrected chi connectivity index (χ0v) is 15.0. The predicted molar refractivity (Wildman–Crippen MR) is 98.9 cm³/mol. The third-order valence-electron chi connectivity index (χ3n) is 3.54. The van der Waals surface area contributed by atoms with Crippen LogP contribution in [0.15, 0.2) is 48.5 Å². The molecule has 0 heterocycles. The van der Waals surface area contributed by atoms with Crippen LogP contribution >= 0.6 is 0 Å². The second kappa shape index (κ2) is 9.44. The number of likely N-dealkylation sites (N-methyl/N-ethyl adjacent to an activating group) is 1. The van der Waals surface area contributed by atoms with Crippen LogP contribution in [0.25, 0.3) is 0 Å². The number of ether oxygens (including phenoxy) is 1. The molecule has 0 aliphatic carbocycles. The molecule has 0 aromatic heterocycles. The van der Waals surface area contributed by atoms with Crippen LogP contribution in [0, 0.1) is 5.82 Å². The smallest absolute Gasteiger partial charge is 0.339 e. The van der Waals surface area contributed by atoms with Crippen molar-refractivity contribution < 1.29 is 23.5 Å². The lowest BCUT2D eigenvalue weighted by atomic mass is 10.2. The molecule has 8 heteroatoms. The van der Waals surface area contributed by atoms with E-state index in [-0.39, 0.29) is 24.6 Å². The number of esters is 1. The number of halogens is 1. The Hall–Kier alpha value is -3.26. The first-order valence-corrected chi connectivity index (χ1v) is 8.10. The molecule has 0 fully saturated rings. The van der Waals surface area contributed by atoms with Gasteiger partial charge in [-0.1, -0.05) is 18.2 Å². The maximum absolute atomic E-state index is 13.1. The highest BCUT2D eigenvalue weighted by molar-refractivity contribution is 6.02. The second-order valence-electron chi connectivity index (χ2n) is 5.82. The molecule has 27 heavy (non-hydrogen) atoms. The standard InChI is InChI=1S/C19H20FN3O4/c1-23(11-17(24)21-14-7-5-6-13(20)10-14)12-18(25)22-16-9-4-3-8-15(16)19(26)27-2/h3-10H,11-12H2,1-2H3,(H,21,24)(H,22,25). The molecule has 0 saturated carbocycles. The number of benzene rings is 2. The molecule has 0 aliphatic rings. The largest absolute Gasteiger partial charge is 0.465 e. The number of para-hydroxylation sites is 1. The van der Waals surface area contributed by atoms with Gasteiger partial charge in [0.1, 0.15) is 5.82 Å². The van der Waals surface area contributed by atoms with E-state index in [0.29, 0.717) is 11.4 Å². The summed E-state index contributed by atoms with van der Waals surface area (Å²) < 4.78 is 17.8. The number of hydrogen-bond acceptors (Lipinski definition) is 5. The number of methoxy groups -OCH3 is 1. The summed E-state index contributed by atoms with van der Waals surface area (Å²) in [4.78, 5) is 37.4. The molecule has 2 aromatic rings. The van der Waals surface area contributed by atoms with E-state index in [9.17, 15) is 18.8 Å². The normalized spacial score (nSPS) is 10.4. The molecule has 0 radical (unpaired) electrons. The summed E-state index contributed by atoms with van der Waals surface area (Å²) in [7, 11) is 2.85. The third kappa shape index (κ3) is 6.19. The minimum absolute atomic E-state index is 0.0669. The lowest BCUT2D eigenvalue weighted by Gasteiger charge is -2.16. The molecule has 0 bridgehead atoms. The van der Waals surface area contributed by atoms with Crippen molar-refractivity contribution in [1.29, 1.82) is 0 Å². The lowest BCUT2D eigenvalue weighted by Crippen LogP contribution is -2.36. The van der Waals surface area contributed by atoms with E-state index < -0.39 is 17.7 Å². The molecule has 0 unspecified atom stereocenters. The van der Waals surface area contributed by atoms with Gasteiger partial charge in [-0.25, -0.2) is 9.18 Å². The topological polar surface area (TPSA) is 87.7 Å². The maximum atomic E-state index is 13.1. The van der Waals surface area contributed by atoms with Gasteiger partial charge in [0.2, 0.25) is 11.8 Å². The molecule has 0 atom stereocenters. The Bertz CT molecular complexity index is 841. The molecule has 0 aliphatic heterocycles. The van der Waals surface area contributed by atoms with Crippen molar-refractivity contribution in [2.45, 2.75) is 0 Å². The van der Waals surface area contributed by atoms with Crippen LogP contribution in [0.3, 0.4) is 0 Å². The predicted octanol–water partition coefficient (Wildman–Crippen LogP) is 2.12. The summed E-state index contributed by atoms with van der Waals surface area (Å²) in [5.41, 5.74) is 0.900. The Kier molecular flexibility index (Phi) is 7.01. The Morgan fingerprint density at radius 1 is 1.00 bits per heavy atom. The Labute approximate surface area is 156 Å². The van der Waals surface area contributed by atoms with Gasteiger partial charge in [-0.2, -0.15) is 0 Å². The molecule has 7 nitrogen and oxygen atoms in total. The van der Waals surface area contributed by atoms with Gasteiger partial charge < -0.3 is 15.4 Å². The fourth-order valence-corrected chi connectivity index (χ4v) is 2.38. The maximum Gasteiger partial charge on any atom is 0.339 e. The van der Waals surface area contributed by atoms with E-state index in [2.05, 4.69) is 15.4 Å². The molecular weight excluding hydrogens is 353 g/mol. The van der Waals surface area contributed by atoms with Crippen molar-refractivity contribution in [2.75, 3.05) is 37.9 Å². The van der Waals surface area contributed by atoms with Crippen molar-refractivity contribution in [3.63, 3.8) is 0 Å². The van der Waals surface area contributed by atoms with Crippen LogP contribution in [-0.2, 0) is 14.3 Å². The number of carbonyl (C=O) groups excluding carboxylic acids is 3. The van der Waals surface area contributed by atoms with E-state index in [4.69, 9.17) is 0 Å². The van der Waals surface area contributed by atoms with Crippen LogP contribution in [-0.4, -0.2) is 49.9 Å². The van der Waals surface area contributed by atoms with Crippen LogP contribution in [0.2, 0.25) is 0 Å². The highest BCUT2D eigenvalue weighted by atomic mass is 19.1. The van der Waals surface area contributed by atoms with Gasteiger partial charge in [0.25, 0.3) is 0 Å². The van der Waals surface area contributed by atoms with Crippen LogP contribution in [0.5, 0.6) is 0 Å². The zero-order chi connectivity index (χ0) is 19.8. The molecular formula is C19H20FN3O4. The zero-order valence-electron chi connectivity index (χ0n) is 15.0. The van der Waals surface area contributed by atoms with Gasteiger partial charge in [-0.3, -0.25) is 14.5 Å². The molecule has 0 saturated heterocycles. The van der Waals surface area contributed by atoms with Gasteiger partial charge in [0.15, 0.2) is 0 Å². The highest BCUT2D eigenvalue weighted by Gasteiger charge is 2.15. The fraction of sp³-hybridized carbons (Fsp3) is 0.211. The van der Waals surface area contributed by atoms with Crippen LogP contribution in [0.1, 0.15) is 10.4 Å². The molecule has 2 aromatic carbocycles. The van der Waals surface area contributed by atoms with Gasteiger partial charge in [-0.05, 0) is 37.4 Å². The van der Waals surface area contributed by atoms with Crippen molar-refractivity contribution in [3.8, 4) is 0 Å². The van der Waals surface area contributed by atoms with E-state index in [1.165, 1.54) is 36.3 Å². The lowest BCUT2D eigenvalue weighted by molar-refractivity contribution is -0.119. The van der Waals surface area contributed by atoms with E-state index in [0.717, 1.165) is 0 Å². The van der Waals surface area contributed by atoms with E-state index >= 15 is 0 Å². The highest BCUT2D eigenvalue weighted by Crippen LogP contribution is 2.16. The molecule has 2 amide bonds. The van der Waals surface area contributed by atoms with Crippen molar-refractivity contribution >= 4 is 29.2 Å².